The third-order valence-electron chi connectivity index (χ3n) is 3.92. The van der Waals surface area contributed by atoms with Gasteiger partial charge < -0.3 is 10.2 Å². The van der Waals surface area contributed by atoms with Crippen LogP contribution in [0.2, 0.25) is 0 Å². The normalized spacial score (nSPS) is 22.9. The van der Waals surface area contributed by atoms with Gasteiger partial charge in [-0.3, -0.25) is 4.98 Å². The topological polar surface area (TPSA) is 28.2 Å². The Hall–Kier alpha value is -0.930. The maximum Gasteiger partial charge on any atom is 0.0544 e. The highest BCUT2D eigenvalue weighted by Crippen LogP contribution is 2.18. The van der Waals surface area contributed by atoms with Crippen molar-refractivity contribution in [1.82, 2.24) is 15.2 Å². The first-order valence-electron chi connectivity index (χ1n) is 6.99. The predicted molar refractivity (Wildman–Crippen MR) is 75.5 cm³/mol. The minimum absolute atomic E-state index is 0.565. The summed E-state index contributed by atoms with van der Waals surface area (Å²) in [4.78, 5) is 6.97. The SMILES string of the molecule is Cc1cccc(CNC(C)C2CCCN(C)C2)n1. The van der Waals surface area contributed by atoms with Gasteiger partial charge in [0, 0.05) is 24.8 Å². The van der Waals surface area contributed by atoms with Crippen molar-refractivity contribution in [1.29, 1.82) is 0 Å². The van der Waals surface area contributed by atoms with E-state index in [-0.39, 0.29) is 0 Å². The van der Waals surface area contributed by atoms with Crippen LogP contribution in [0.15, 0.2) is 18.2 Å². The van der Waals surface area contributed by atoms with Crippen LogP contribution in [0.5, 0.6) is 0 Å². The number of nitrogens with zero attached hydrogens (tertiary/aromatic N) is 2. The number of piperidine rings is 1. The van der Waals surface area contributed by atoms with Crippen LogP contribution in [0, 0.1) is 12.8 Å². The second kappa shape index (κ2) is 6.30. The number of hydrogen-bond acceptors (Lipinski definition) is 3. The summed E-state index contributed by atoms with van der Waals surface area (Å²) in [5, 5.41) is 3.63. The molecule has 0 radical (unpaired) electrons. The van der Waals surface area contributed by atoms with E-state index in [4.69, 9.17) is 0 Å². The minimum atomic E-state index is 0.565. The Morgan fingerprint density at radius 1 is 1.50 bits per heavy atom. The molecule has 1 aromatic heterocycles. The molecule has 0 saturated carbocycles. The number of aryl methyl sites for hydroxylation is 1. The number of aromatic nitrogens is 1. The number of nitrogens with one attached hydrogen (secondary N) is 1. The molecule has 1 aliphatic rings. The van der Waals surface area contributed by atoms with Crippen molar-refractivity contribution in [2.45, 2.75) is 39.3 Å². The summed E-state index contributed by atoms with van der Waals surface area (Å²) in [5.41, 5.74) is 2.24. The molecular weight excluding hydrogens is 222 g/mol. The van der Waals surface area contributed by atoms with Crippen LogP contribution in [-0.4, -0.2) is 36.1 Å². The summed E-state index contributed by atoms with van der Waals surface area (Å²) < 4.78 is 0. The predicted octanol–water partition coefficient (Wildman–Crippen LogP) is 2.21. The molecule has 18 heavy (non-hydrogen) atoms. The first-order chi connectivity index (χ1) is 8.65. The smallest absolute Gasteiger partial charge is 0.0544 e. The third kappa shape index (κ3) is 3.79. The van der Waals surface area contributed by atoms with Gasteiger partial charge in [-0.05, 0) is 58.3 Å². The van der Waals surface area contributed by atoms with Crippen LogP contribution in [-0.2, 0) is 6.54 Å². The quantitative estimate of drug-likeness (QED) is 0.884. The van der Waals surface area contributed by atoms with Crippen molar-refractivity contribution in [3.63, 3.8) is 0 Å². The molecule has 1 fully saturated rings. The van der Waals surface area contributed by atoms with Crippen molar-refractivity contribution in [2.75, 3.05) is 20.1 Å². The molecule has 2 rings (SSSR count). The zero-order valence-electron chi connectivity index (χ0n) is 11.8. The molecule has 3 heteroatoms. The summed E-state index contributed by atoms with van der Waals surface area (Å²) in [7, 11) is 2.22. The average molecular weight is 247 g/mol. The standard InChI is InChI=1S/C15H25N3/c1-12-6-4-8-15(17-12)10-16-13(2)14-7-5-9-18(3)11-14/h4,6,8,13-14,16H,5,7,9-11H2,1-3H3. The second-order valence-electron chi connectivity index (χ2n) is 5.60. The van der Waals surface area contributed by atoms with E-state index in [0.717, 1.165) is 23.9 Å². The first-order valence-corrected chi connectivity index (χ1v) is 6.99. The maximum absolute atomic E-state index is 4.53. The van der Waals surface area contributed by atoms with Gasteiger partial charge >= 0.3 is 0 Å². The Morgan fingerprint density at radius 2 is 2.33 bits per heavy atom. The Labute approximate surface area is 111 Å². The summed E-state index contributed by atoms with van der Waals surface area (Å²) in [6.45, 7) is 7.70. The average Bonchev–Trinajstić information content (AvgIpc) is 2.36. The highest BCUT2D eigenvalue weighted by molar-refractivity contribution is 5.09. The van der Waals surface area contributed by atoms with Gasteiger partial charge in [0.2, 0.25) is 0 Å². The number of pyridine rings is 1. The Balaban J connectivity index is 1.82. The fraction of sp³-hybridized carbons (Fsp3) is 0.667. The number of likely N-dealkylation sites (tertiary alicyclic amines) is 1. The summed E-state index contributed by atoms with van der Waals surface area (Å²) >= 11 is 0. The molecule has 2 heterocycles. The fourth-order valence-corrected chi connectivity index (χ4v) is 2.74. The Bertz CT molecular complexity index is 378. The zero-order chi connectivity index (χ0) is 13.0. The van der Waals surface area contributed by atoms with Crippen LogP contribution >= 0.6 is 0 Å². The van der Waals surface area contributed by atoms with E-state index >= 15 is 0 Å². The highest BCUT2D eigenvalue weighted by atomic mass is 15.1. The second-order valence-corrected chi connectivity index (χ2v) is 5.60. The lowest BCUT2D eigenvalue weighted by Crippen LogP contribution is -2.42. The van der Waals surface area contributed by atoms with Gasteiger partial charge in [0.15, 0.2) is 0 Å². The molecule has 0 spiro atoms. The molecule has 1 N–H and O–H groups in total. The molecule has 0 bridgehead atoms. The van der Waals surface area contributed by atoms with Gasteiger partial charge in [-0.2, -0.15) is 0 Å². The van der Waals surface area contributed by atoms with Gasteiger partial charge in [0.1, 0.15) is 0 Å². The number of hydrogen-bond donors (Lipinski definition) is 1. The van der Waals surface area contributed by atoms with Gasteiger partial charge in [-0.15, -0.1) is 0 Å². The summed E-state index contributed by atoms with van der Waals surface area (Å²) in [6.07, 6.45) is 2.68. The van der Waals surface area contributed by atoms with E-state index in [2.05, 4.69) is 41.3 Å². The van der Waals surface area contributed by atoms with E-state index < -0.39 is 0 Å². The first kappa shape index (κ1) is 13.5. The summed E-state index contributed by atoms with van der Waals surface area (Å²) in [5.74, 6) is 0.772. The Morgan fingerprint density at radius 3 is 3.06 bits per heavy atom. The van der Waals surface area contributed by atoms with Gasteiger partial charge in [0.25, 0.3) is 0 Å². The van der Waals surface area contributed by atoms with E-state index in [1.54, 1.807) is 0 Å². The van der Waals surface area contributed by atoms with Crippen molar-refractivity contribution in [2.24, 2.45) is 5.92 Å². The van der Waals surface area contributed by atoms with Crippen molar-refractivity contribution in [3.8, 4) is 0 Å². The zero-order valence-corrected chi connectivity index (χ0v) is 11.8. The van der Waals surface area contributed by atoms with Crippen LogP contribution in [0.3, 0.4) is 0 Å². The van der Waals surface area contributed by atoms with Crippen molar-refractivity contribution in [3.05, 3.63) is 29.6 Å². The van der Waals surface area contributed by atoms with Gasteiger partial charge in [-0.25, -0.2) is 0 Å². The fourth-order valence-electron chi connectivity index (χ4n) is 2.74. The summed E-state index contributed by atoms with van der Waals surface area (Å²) in [6, 6.07) is 6.79. The molecule has 1 aliphatic heterocycles. The van der Waals surface area contributed by atoms with Gasteiger partial charge in [-0.1, -0.05) is 6.07 Å². The molecule has 3 nitrogen and oxygen atoms in total. The lowest BCUT2D eigenvalue weighted by Gasteiger charge is -2.33. The largest absolute Gasteiger partial charge is 0.308 e. The highest BCUT2D eigenvalue weighted by Gasteiger charge is 2.22. The maximum atomic E-state index is 4.53. The number of rotatable bonds is 4. The molecule has 100 valence electrons. The molecule has 0 aliphatic carbocycles. The molecule has 0 aromatic carbocycles. The van der Waals surface area contributed by atoms with Crippen LogP contribution in [0.1, 0.15) is 31.2 Å². The van der Waals surface area contributed by atoms with Crippen LogP contribution in [0.25, 0.3) is 0 Å². The molecule has 1 saturated heterocycles. The molecule has 2 unspecified atom stereocenters. The van der Waals surface area contributed by atoms with Crippen LogP contribution in [0.4, 0.5) is 0 Å². The lowest BCUT2D eigenvalue weighted by atomic mass is 9.92. The molecule has 2 atom stereocenters. The van der Waals surface area contributed by atoms with Gasteiger partial charge in [0.05, 0.1) is 5.69 Å². The molecular formula is C15H25N3. The van der Waals surface area contributed by atoms with E-state index in [1.807, 2.05) is 13.0 Å². The third-order valence-corrected chi connectivity index (χ3v) is 3.92. The lowest BCUT2D eigenvalue weighted by molar-refractivity contribution is 0.178. The minimum Gasteiger partial charge on any atom is -0.308 e. The van der Waals surface area contributed by atoms with E-state index in [0.29, 0.717) is 6.04 Å². The van der Waals surface area contributed by atoms with E-state index in [1.165, 1.54) is 25.9 Å². The molecule has 1 aromatic rings. The molecule has 0 amide bonds. The van der Waals surface area contributed by atoms with E-state index in [9.17, 15) is 0 Å². The van der Waals surface area contributed by atoms with Crippen LogP contribution < -0.4 is 5.32 Å². The van der Waals surface area contributed by atoms with Crippen molar-refractivity contribution >= 4 is 0 Å². The Kier molecular flexibility index (Phi) is 4.72. The van der Waals surface area contributed by atoms with Crippen molar-refractivity contribution < 1.29 is 0 Å². The monoisotopic (exact) mass is 247 g/mol.